The number of nitrogens with one attached hydrogen (secondary N) is 2. The Labute approximate surface area is 114 Å². The summed E-state index contributed by atoms with van der Waals surface area (Å²) in [7, 11) is 0. The zero-order chi connectivity index (χ0) is 12.2. The molecule has 0 radical (unpaired) electrons. The monoisotopic (exact) mass is 312 g/mol. The minimum absolute atomic E-state index is 0.204. The van der Waals surface area contributed by atoms with Crippen LogP contribution in [0.15, 0.2) is 22.7 Å². The second-order valence-corrected chi connectivity index (χ2v) is 5.99. The van der Waals surface area contributed by atoms with Crippen LogP contribution in [0.3, 0.4) is 0 Å². The van der Waals surface area contributed by atoms with Gasteiger partial charge in [-0.05, 0) is 41.1 Å². The number of para-hydroxylation sites is 1. The van der Waals surface area contributed by atoms with E-state index in [4.69, 9.17) is 17.0 Å². The Hall–Kier alpha value is -0.810. The highest BCUT2D eigenvalue weighted by Gasteiger charge is 2.48. The standard InChI is InChI=1S/C12H13BrN2OS/c1-6-9-7-4-3-5-8(13)10(7)16-12(6,2)15-11(17)14-9/h3-6,9H,1-2H3,(H2,14,15,17). The summed E-state index contributed by atoms with van der Waals surface area (Å²) in [6.45, 7) is 4.20. The molecule has 0 aliphatic carbocycles. The summed E-state index contributed by atoms with van der Waals surface area (Å²) in [4.78, 5) is 0. The van der Waals surface area contributed by atoms with Gasteiger partial charge in [0.1, 0.15) is 5.75 Å². The van der Waals surface area contributed by atoms with Crippen LogP contribution in [0.25, 0.3) is 0 Å². The van der Waals surface area contributed by atoms with Gasteiger partial charge in [0.15, 0.2) is 10.8 Å². The molecule has 2 aliphatic rings. The largest absolute Gasteiger partial charge is 0.466 e. The highest BCUT2D eigenvalue weighted by atomic mass is 79.9. The van der Waals surface area contributed by atoms with E-state index in [0.717, 1.165) is 15.8 Å². The lowest BCUT2D eigenvalue weighted by Crippen LogP contribution is -2.67. The number of halogens is 1. The first-order valence-electron chi connectivity index (χ1n) is 5.57. The molecule has 17 heavy (non-hydrogen) atoms. The normalized spacial score (nSPS) is 34.2. The molecule has 3 atom stereocenters. The molecular weight excluding hydrogens is 300 g/mol. The number of benzene rings is 1. The lowest BCUT2D eigenvalue weighted by molar-refractivity contribution is -0.0270. The zero-order valence-electron chi connectivity index (χ0n) is 9.58. The highest BCUT2D eigenvalue weighted by Crippen LogP contribution is 2.47. The lowest BCUT2D eigenvalue weighted by atomic mass is 9.82. The summed E-state index contributed by atoms with van der Waals surface area (Å²) in [5.74, 6) is 1.21. The molecule has 1 saturated heterocycles. The third-order valence-electron chi connectivity index (χ3n) is 3.66. The van der Waals surface area contributed by atoms with Gasteiger partial charge in [0.05, 0.1) is 10.5 Å². The third kappa shape index (κ3) is 1.56. The van der Waals surface area contributed by atoms with Gasteiger partial charge >= 0.3 is 0 Å². The molecule has 1 aromatic carbocycles. The predicted octanol–water partition coefficient (Wildman–Crippen LogP) is 2.71. The van der Waals surface area contributed by atoms with Crippen LogP contribution in [0.4, 0.5) is 0 Å². The van der Waals surface area contributed by atoms with E-state index in [2.05, 4.69) is 39.6 Å². The Morgan fingerprint density at radius 1 is 1.47 bits per heavy atom. The molecule has 0 amide bonds. The van der Waals surface area contributed by atoms with Crippen molar-refractivity contribution in [3.05, 3.63) is 28.2 Å². The summed E-state index contributed by atoms with van der Waals surface area (Å²) in [6, 6.07) is 6.30. The number of rotatable bonds is 0. The van der Waals surface area contributed by atoms with E-state index in [9.17, 15) is 0 Å². The summed E-state index contributed by atoms with van der Waals surface area (Å²) in [6.07, 6.45) is 0. The van der Waals surface area contributed by atoms with Crippen LogP contribution in [0.5, 0.6) is 5.75 Å². The van der Waals surface area contributed by atoms with Crippen LogP contribution in [0.1, 0.15) is 25.5 Å². The van der Waals surface area contributed by atoms with E-state index < -0.39 is 5.72 Å². The second kappa shape index (κ2) is 3.59. The SMILES string of the molecule is CC1C2NC(=S)NC1(C)Oc1c(Br)cccc12. The lowest BCUT2D eigenvalue weighted by Gasteiger charge is -2.50. The first-order chi connectivity index (χ1) is 8.01. The van der Waals surface area contributed by atoms with Crippen LogP contribution in [0.2, 0.25) is 0 Å². The van der Waals surface area contributed by atoms with Crippen molar-refractivity contribution < 1.29 is 4.74 Å². The molecule has 0 spiro atoms. The maximum absolute atomic E-state index is 6.12. The maximum atomic E-state index is 6.12. The molecule has 3 rings (SSSR count). The van der Waals surface area contributed by atoms with Crippen LogP contribution in [-0.2, 0) is 0 Å². The number of thiocarbonyl (C=S) groups is 1. The molecule has 3 unspecified atom stereocenters. The molecule has 2 aliphatic heterocycles. The molecule has 1 aromatic rings. The average molecular weight is 313 g/mol. The van der Waals surface area contributed by atoms with Gasteiger partial charge in [0, 0.05) is 11.5 Å². The van der Waals surface area contributed by atoms with Gasteiger partial charge in [-0.1, -0.05) is 19.1 Å². The van der Waals surface area contributed by atoms with Crippen LogP contribution in [-0.4, -0.2) is 10.8 Å². The first-order valence-corrected chi connectivity index (χ1v) is 6.77. The van der Waals surface area contributed by atoms with Crippen molar-refractivity contribution in [1.29, 1.82) is 0 Å². The molecule has 5 heteroatoms. The summed E-state index contributed by atoms with van der Waals surface area (Å²) < 4.78 is 7.10. The van der Waals surface area contributed by atoms with Gasteiger partial charge in [-0.3, -0.25) is 0 Å². The van der Waals surface area contributed by atoms with Gasteiger partial charge in [0.2, 0.25) is 0 Å². The van der Waals surface area contributed by atoms with Crippen LogP contribution >= 0.6 is 28.1 Å². The summed E-state index contributed by atoms with van der Waals surface area (Å²) >= 11 is 8.77. The third-order valence-corrected chi connectivity index (χ3v) is 4.51. The van der Waals surface area contributed by atoms with Gasteiger partial charge in [-0.2, -0.15) is 0 Å². The Morgan fingerprint density at radius 3 is 3.00 bits per heavy atom. The average Bonchev–Trinajstić information content (AvgIpc) is 2.24. The molecule has 2 heterocycles. The van der Waals surface area contributed by atoms with Crippen molar-refractivity contribution >= 4 is 33.3 Å². The Kier molecular flexibility index (Phi) is 2.38. The minimum atomic E-state index is -0.441. The number of fused-ring (bicyclic) bond motifs is 4. The van der Waals surface area contributed by atoms with Gasteiger partial charge in [-0.25, -0.2) is 0 Å². The van der Waals surface area contributed by atoms with Gasteiger partial charge in [0.25, 0.3) is 0 Å². The first kappa shape index (κ1) is 11.3. The van der Waals surface area contributed by atoms with E-state index in [1.165, 1.54) is 0 Å². The van der Waals surface area contributed by atoms with Gasteiger partial charge in [-0.15, -0.1) is 0 Å². The molecule has 2 N–H and O–H groups in total. The molecule has 3 nitrogen and oxygen atoms in total. The number of hydrogen-bond acceptors (Lipinski definition) is 2. The number of ether oxygens (including phenoxy) is 1. The van der Waals surface area contributed by atoms with Gasteiger partial charge < -0.3 is 15.4 Å². The molecule has 90 valence electrons. The summed E-state index contributed by atoms with van der Waals surface area (Å²) in [5.41, 5.74) is 0.720. The molecular formula is C12H13BrN2OS. The Bertz CT molecular complexity index is 507. The van der Waals surface area contributed by atoms with Crippen molar-refractivity contribution in [1.82, 2.24) is 10.6 Å². The smallest absolute Gasteiger partial charge is 0.184 e. The second-order valence-electron chi connectivity index (χ2n) is 4.73. The molecule has 0 aromatic heterocycles. The predicted molar refractivity (Wildman–Crippen MR) is 73.9 cm³/mol. The van der Waals surface area contributed by atoms with Crippen molar-refractivity contribution in [2.24, 2.45) is 5.92 Å². The van der Waals surface area contributed by atoms with Crippen molar-refractivity contribution in [2.45, 2.75) is 25.6 Å². The minimum Gasteiger partial charge on any atom is -0.466 e. The van der Waals surface area contributed by atoms with E-state index in [0.29, 0.717) is 11.0 Å². The fourth-order valence-corrected chi connectivity index (χ4v) is 3.31. The van der Waals surface area contributed by atoms with Crippen molar-refractivity contribution in [2.75, 3.05) is 0 Å². The van der Waals surface area contributed by atoms with E-state index >= 15 is 0 Å². The molecule has 1 fully saturated rings. The quantitative estimate of drug-likeness (QED) is 0.722. The van der Waals surface area contributed by atoms with E-state index in [1.807, 2.05) is 19.1 Å². The van der Waals surface area contributed by atoms with Crippen LogP contribution in [0, 0.1) is 5.92 Å². The molecule has 2 bridgehead atoms. The Balaban J connectivity index is 2.18. The van der Waals surface area contributed by atoms with Crippen molar-refractivity contribution in [3.8, 4) is 5.75 Å². The Morgan fingerprint density at radius 2 is 2.24 bits per heavy atom. The number of hydrogen-bond donors (Lipinski definition) is 2. The topological polar surface area (TPSA) is 33.3 Å². The zero-order valence-corrected chi connectivity index (χ0v) is 12.0. The van der Waals surface area contributed by atoms with Crippen LogP contribution < -0.4 is 15.4 Å². The van der Waals surface area contributed by atoms with E-state index in [1.54, 1.807) is 0 Å². The maximum Gasteiger partial charge on any atom is 0.184 e. The van der Waals surface area contributed by atoms with E-state index in [-0.39, 0.29) is 6.04 Å². The molecule has 0 saturated carbocycles. The van der Waals surface area contributed by atoms with Crippen molar-refractivity contribution in [3.63, 3.8) is 0 Å². The fourth-order valence-electron chi connectivity index (χ4n) is 2.52. The fraction of sp³-hybridized carbons (Fsp3) is 0.417. The summed E-state index contributed by atoms with van der Waals surface area (Å²) in [5, 5.41) is 7.20. The highest BCUT2D eigenvalue weighted by molar-refractivity contribution is 9.10.